The smallest absolute Gasteiger partial charge is 0.231 e. The summed E-state index contributed by atoms with van der Waals surface area (Å²) in [5.74, 6) is 1.72. The van der Waals surface area contributed by atoms with Gasteiger partial charge in [-0.1, -0.05) is 6.07 Å². The molecule has 0 saturated carbocycles. The number of rotatable bonds is 4. The third kappa shape index (κ3) is 2.70. The topological polar surface area (TPSA) is 38.8 Å². The fourth-order valence-corrected chi connectivity index (χ4v) is 1.90. The summed E-state index contributed by atoms with van der Waals surface area (Å²) in [5, 5.41) is 0. The van der Waals surface area contributed by atoms with Crippen LogP contribution in [-0.2, 0) is 11.2 Å². The predicted octanol–water partition coefficient (Wildman–Crippen LogP) is 1.83. The SMILES string of the molecule is CCN(CCc1ccc2c(c1)OCO2)C(C)=O. The Morgan fingerprint density at radius 2 is 2.12 bits per heavy atom. The van der Waals surface area contributed by atoms with Gasteiger partial charge in [0.15, 0.2) is 11.5 Å². The number of carbonyl (C=O) groups is 1. The van der Waals surface area contributed by atoms with Gasteiger partial charge < -0.3 is 14.4 Å². The first-order valence-corrected chi connectivity index (χ1v) is 5.84. The Labute approximate surface area is 101 Å². The molecule has 1 amide bonds. The average molecular weight is 235 g/mol. The standard InChI is InChI=1S/C13H17NO3/c1-3-14(10(2)15)7-6-11-4-5-12-13(8-11)17-9-16-12/h4-5,8H,3,6-7,9H2,1-2H3. The zero-order valence-electron chi connectivity index (χ0n) is 10.2. The van der Waals surface area contributed by atoms with Crippen molar-refractivity contribution in [2.45, 2.75) is 20.3 Å². The van der Waals surface area contributed by atoms with Crippen molar-refractivity contribution in [1.29, 1.82) is 0 Å². The minimum absolute atomic E-state index is 0.119. The molecule has 1 aliphatic heterocycles. The maximum absolute atomic E-state index is 11.3. The molecule has 1 heterocycles. The van der Waals surface area contributed by atoms with Gasteiger partial charge in [-0.25, -0.2) is 0 Å². The van der Waals surface area contributed by atoms with Crippen molar-refractivity contribution in [3.63, 3.8) is 0 Å². The van der Waals surface area contributed by atoms with E-state index in [-0.39, 0.29) is 5.91 Å². The number of carbonyl (C=O) groups excluding carboxylic acids is 1. The van der Waals surface area contributed by atoms with Crippen LogP contribution in [0.15, 0.2) is 18.2 Å². The fourth-order valence-electron chi connectivity index (χ4n) is 1.90. The lowest BCUT2D eigenvalue weighted by molar-refractivity contribution is -0.128. The predicted molar refractivity (Wildman–Crippen MR) is 64.2 cm³/mol. The summed E-state index contributed by atoms with van der Waals surface area (Å²) in [5.41, 5.74) is 1.16. The van der Waals surface area contributed by atoms with E-state index in [1.54, 1.807) is 6.92 Å². The van der Waals surface area contributed by atoms with Crippen LogP contribution in [0.1, 0.15) is 19.4 Å². The van der Waals surface area contributed by atoms with Gasteiger partial charge in [0.05, 0.1) is 0 Å². The molecule has 0 unspecified atom stereocenters. The number of hydrogen-bond donors (Lipinski definition) is 0. The van der Waals surface area contributed by atoms with Gasteiger partial charge in [-0.15, -0.1) is 0 Å². The van der Waals surface area contributed by atoms with Crippen LogP contribution >= 0.6 is 0 Å². The molecular weight excluding hydrogens is 218 g/mol. The lowest BCUT2D eigenvalue weighted by Gasteiger charge is -2.18. The van der Waals surface area contributed by atoms with Crippen LogP contribution in [-0.4, -0.2) is 30.7 Å². The number of hydrogen-bond acceptors (Lipinski definition) is 3. The van der Waals surface area contributed by atoms with Crippen molar-refractivity contribution >= 4 is 5.91 Å². The van der Waals surface area contributed by atoms with Crippen molar-refractivity contribution in [3.8, 4) is 11.5 Å². The molecule has 0 aliphatic carbocycles. The van der Waals surface area contributed by atoms with Gasteiger partial charge in [0.2, 0.25) is 12.7 Å². The monoisotopic (exact) mass is 235 g/mol. The first kappa shape index (κ1) is 11.8. The maximum Gasteiger partial charge on any atom is 0.231 e. The minimum Gasteiger partial charge on any atom is -0.454 e. The third-order valence-corrected chi connectivity index (χ3v) is 2.93. The molecular formula is C13H17NO3. The number of nitrogens with zero attached hydrogens (tertiary/aromatic N) is 1. The highest BCUT2D eigenvalue weighted by Gasteiger charge is 2.13. The summed E-state index contributed by atoms with van der Waals surface area (Å²) >= 11 is 0. The van der Waals surface area contributed by atoms with E-state index in [2.05, 4.69) is 0 Å². The second kappa shape index (κ2) is 5.08. The molecule has 0 atom stereocenters. The lowest BCUT2D eigenvalue weighted by atomic mass is 10.1. The molecule has 0 radical (unpaired) electrons. The molecule has 1 aromatic rings. The van der Waals surface area contributed by atoms with Crippen molar-refractivity contribution in [1.82, 2.24) is 4.90 Å². The zero-order chi connectivity index (χ0) is 12.3. The quantitative estimate of drug-likeness (QED) is 0.799. The molecule has 2 rings (SSSR count). The third-order valence-electron chi connectivity index (χ3n) is 2.93. The Balaban J connectivity index is 1.97. The summed E-state index contributed by atoms with van der Waals surface area (Å²) < 4.78 is 10.6. The zero-order valence-corrected chi connectivity index (χ0v) is 10.2. The maximum atomic E-state index is 11.3. The highest BCUT2D eigenvalue weighted by molar-refractivity contribution is 5.73. The molecule has 0 spiro atoms. The van der Waals surface area contributed by atoms with Gasteiger partial charge in [0.1, 0.15) is 0 Å². The van der Waals surface area contributed by atoms with Crippen molar-refractivity contribution < 1.29 is 14.3 Å². The molecule has 0 bridgehead atoms. The second-order valence-electron chi connectivity index (χ2n) is 4.04. The fraction of sp³-hybridized carbons (Fsp3) is 0.462. The number of benzene rings is 1. The molecule has 0 saturated heterocycles. The van der Waals surface area contributed by atoms with Crippen LogP contribution in [0.5, 0.6) is 11.5 Å². The van der Waals surface area contributed by atoms with E-state index < -0.39 is 0 Å². The molecule has 0 N–H and O–H groups in total. The van der Waals surface area contributed by atoms with Crippen molar-refractivity contribution in [2.24, 2.45) is 0 Å². The van der Waals surface area contributed by atoms with E-state index in [1.165, 1.54) is 0 Å². The Morgan fingerprint density at radius 1 is 1.35 bits per heavy atom. The first-order chi connectivity index (χ1) is 8.20. The van der Waals surface area contributed by atoms with Gasteiger partial charge in [0, 0.05) is 20.0 Å². The Morgan fingerprint density at radius 3 is 2.82 bits per heavy atom. The van der Waals surface area contributed by atoms with Crippen LogP contribution in [0.3, 0.4) is 0 Å². The van der Waals surface area contributed by atoms with Crippen molar-refractivity contribution in [2.75, 3.05) is 19.9 Å². The van der Waals surface area contributed by atoms with E-state index in [4.69, 9.17) is 9.47 Å². The Kier molecular flexibility index (Phi) is 3.52. The van der Waals surface area contributed by atoms with Gasteiger partial charge in [-0.3, -0.25) is 4.79 Å². The Bertz CT molecular complexity index is 417. The molecule has 0 aromatic heterocycles. The van der Waals surface area contributed by atoms with Crippen LogP contribution in [0.4, 0.5) is 0 Å². The van der Waals surface area contributed by atoms with Gasteiger partial charge in [0.25, 0.3) is 0 Å². The minimum atomic E-state index is 0.119. The van der Waals surface area contributed by atoms with Gasteiger partial charge >= 0.3 is 0 Å². The van der Waals surface area contributed by atoms with Gasteiger partial charge in [-0.05, 0) is 31.0 Å². The second-order valence-corrected chi connectivity index (χ2v) is 4.04. The highest BCUT2D eigenvalue weighted by Crippen LogP contribution is 2.32. The van der Waals surface area contributed by atoms with Crippen LogP contribution in [0, 0.1) is 0 Å². The van der Waals surface area contributed by atoms with E-state index in [0.29, 0.717) is 6.79 Å². The number of amides is 1. The van der Waals surface area contributed by atoms with Crippen LogP contribution in [0.2, 0.25) is 0 Å². The number of likely N-dealkylation sites (N-methyl/N-ethyl adjacent to an activating group) is 1. The summed E-state index contributed by atoms with van der Waals surface area (Å²) in [4.78, 5) is 13.1. The van der Waals surface area contributed by atoms with E-state index in [9.17, 15) is 4.79 Å². The normalized spacial score (nSPS) is 12.6. The molecule has 4 nitrogen and oxygen atoms in total. The summed E-state index contributed by atoms with van der Waals surface area (Å²) in [7, 11) is 0. The highest BCUT2D eigenvalue weighted by atomic mass is 16.7. The van der Waals surface area contributed by atoms with Crippen LogP contribution < -0.4 is 9.47 Å². The number of fused-ring (bicyclic) bond motifs is 1. The molecule has 92 valence electrons. The molecule has 4 heteroatoms. The summed E-state index contributed by atoms with van der Waals surface area (Å²) in [6, 6.07) is 5.92. The summed E-state index contributed by atoms with van der Waals surface area (Å²) in [6.45, 7) is 5.38. The molecule has 1 aliphatic rings. The number of ether oxygens (including phenoxy) is 2. The van der Waals surface area contributed by atoms with E-state index in [1.807, 2.05) is 30.0 Å². The largest absolute Gasteiger partial charge is 0.454 e. The van der Waals surface area contributed by atoms with Crippen LogP contribution in [0.25, 0.3) is 0 Å². The summed E-state index contributed by atoms with van der Waals surface area (Å²) in [6.07, 6.45) is 0.837. The van der Waals surface area contributed by atoms with E-state index >= 15 is 0 Å². The first-order valence-electron chi connectivity index (χ1n) is 5.84. The molecule has 0 fully saturated rings. The van der Waals surface area contributed by atoms with E-state index in [0.717, 1.165) is 36.6 Å². The molecule has 1 aromatic carbocycles. The van der Waals surface area contributed by atoms with Gasteiger partial charge in [-0.2, -0.15) is 0 Å². The molecule has 17 heavy (non-hydrogen) atoms. The Hall–Kier alpha value is -1.71. The van der Waals surface area contributed by atoms with Crippen molar-refractivity contribution in [3.05, 3.63) is 23.8 Å². The average Bonchev–Trinajstić information content (AvgIpc) is 2.76. The lowest BCUT2D eigenvalue weighted by Crippen LogP contribution is -2.30.